The van der Waals surface area contributed by atoms with E-state index in [-0.39, 0.29) is 36.1 Å². The predicted molar refractivity (Wildman–Crippen MR) is 106 cm³/mol. The van der Waals surface area contributed by atoms with Crippen LogP contribution in [0.4, 0.5) is 23.4 Å². The maximum Gasteiger partial charge on any atom is 0.416 e. The Morgan fingerprint density at radius 2 is 1.81 bits per heavy atom. The smallest absolute Gasteiger partial charge is 0.393 e. The first kappa shape index (κ1) is 22.5. The summed E-state index contributed by atoms with van der Waals surface area (Å²) in [6.45, 7) is -0.568. The number of hydrogen-bond acceptors (Lipinski definition) is 4. The third kappa shape index (κ3) is 4.29. The van der Waals surface area contributed by atoms with E-state index in [1.807, 2.05) is 0 Å². The summed E-state index contributed by atoms with van der Waals surface area (Å²) in [5, 5.41) is 9.75. The minimum Gasteiger partial charge on any atom is -0.393 e. The quantitative estimate of drug-likeness (QED) is 0.694. The minimum atomic E-state index is -4.49. The predicted octanol–water partition coefficient (Wildman–Crippen LogP) is 3.41. The molecule has 0 unspecified atom stereocenters. The van der Waals surface area contributed by atoms with Crippen molar-refractivity contribution in [3.8, 4) is 0 Å². The van der Waals surface area contributed by atoms with Gasteiger partial charge in [0, 0.05) is 12.7 Å². The fraction of sp³-hybridized carbons (Fsp3) is 0.381. The second-order valence-electron chi connectivity index (χ2n) is 7.93. The van der Waals surface area contributed by atoms with Gasteiger partial charge in [-0.05, 0) is 42.5 Å². The van der Waals surface area contributed by atoms with E-state index < -0.39 is 48.1 Å². The van der Waals surface area contributed by atoms with E-state index >= 15 is 0 Å². The van der Waals surface area contributed by atoms with Crippen LogP contribution in [0.2, 0.25) is 5.02 Å². The largest absolute Gasteiger partial charge is 0.416 e. The molecule has 0 spiro atoms. The Morgan fingerprint density at radius 1 is 1.16 bits per heavy atom. The Balaban J connectivity index is 1.62. The molecule has 0 bridgehead atoms. The highest BCUT2D eigenvalue weighted by Gasteiger charge is 2.48. The van der Waals surface area contributed by atoms with Gasteiger partial charge in [0.2, 0.25) is 5.91 Å². The van der Waals surface area contributed by atoms with Gasteiger partial charge in [0.15, 0.2) is 11.6 Å². The van der Waals surface area contributed by atoms with Crippen molar-refractivity contribution in [1.82, 2.24) is 9.88 Å². The van der Waals surface area contributed by atoms with Gasteiger partial charge in [-0.3, -0.25) is 14.5 Å². The Morgan fingerprint density at radius 3 is 2.38 bits per heavy atom. The Kier molecular flexibility index (Phi) is 5.85. The lowest BCUT2D eigenvalue weighted by molar-refractivity contribution is -0.149. The number of aliphatic hydroxyl groups is 1. The highest BCUT2D eigenvalue weighted by atomic mass is 35.5. The summed E-state index contributed by atoms with van der Waals surface area (Å²) in [4.78, 5) is 32.4. The molecule has 1 aliphatic heterocycles. The summed E-state index contributed by atoms with van der Waals surface area (Å²) >= 11 is 5.72. The molecule has 32 heavy (non-hydrogen) atoms. The van der Waals surface area contributed by atoms with Gasteiger partial charge in [-0.1, -0.05) is 23.7 Å². The van der Waals surface area contributed by atoms with Crippen molar-refractivity contribution in [3.63, 3.8) is 0 Å². The molecule has 170 valence electrons. The topological polar surface area (TPSA) is 73.7 Å². The molecule has 2 amide bonds. The van der Waals surface area contributed by atoms with Crippen LogP contribution in [0.3, 0.4) is 0 Å². The van der Waals surface area contributed by atoms with Crippen molar-refractivity contribution in [1.29, 1.82) is 0 Å². The van der Waals surface area contributed by atoms with E-state index in [1.54, 1.807) is 0 Å². The van der Waals surface area contributed by atoms with Crippen LogP contribution in [0, 0.1) is 11.7 Å². The number of carbonyl (C=O) groups is 2. The van der Waals surface area contributed by atoms with Gasteiger partial charge in [-0.2, -0.15) is 13.2 Å². The number of rotatable bonds is 4. The second kappa shape index (κ2) is 8.32. The molecule has 2 aliphatic rings. The van der Waals surface area contributed by atoms with Crippen molar-refractivity contribution >= 4 is 29.2 Å². The van der Waals surface area contributed by atoms with E-state index in [0.717, 1.165) is 29.3 Å². The maximum atomic E-state index is 14.4. The number of pyridine rings is 1. The number of aromatic nitrogens is 1. The van der Waals surface area contributed by atoms with Gasteiger partial charge in [0.1, 0.15) is 12.6 Å². The van der Waals surface area contributed by atoms with Crippen LogP contribution in [0.15, 0.2) is 36.5 Å². The number of alkyl halides is 3. The first-order valence-electron chi connectivity index (χ1n) is 9.80. The number of benzene rings is 1. The van der Waals surface area contributed by atoms with Gasteiger partial charge in [0.05, 0.1) is 16.7 Å². The SMILES string of the molecule is O=C1[C@@H](C2CC(O)C2)N(Cc2ccc(C(F)(F)F)cc2)C(=O)CN1c1ncc(Cl)cc1F. The zero-order chi connectivity index (χ0) is 23.2. The third-order valence-electron chi connectivity index (χ3n) is 5.74. The number of carbonyl (C=O) groups excluding carboxylic acids is 2. The lowest BCUT2D eigenvalue weighted by Crippen LogP contribution is -2.64. The summed E-state index contributed by atoms with van der Waals surface area (Å²) in [5.41, 5.74) is -0.412. The Bertz CT molecular complexity index is 1040. The average molecular weight is 472 g/mol. The monoisotopic (exact) mass is 471 g/mol. The first-order chi connectivity index (χ1) is 15.0. The summed E-state index contributed by atoms with van der Waals surface area (Å²) in [7, 11) is 0. The van der Waals surface area contributed by atoms with Gasteiger partial charge in [-0.15, -0.1) is 0 Å². The van der Waals surface area contributed by atoms with Gasteiger partial charge >= 0.3 is 6.18 Å². The molecule has 2 fully saturated rings. The van der Waals surface area contributed by atoms with Crippen LogP contribution in [0.25, 0.3) is 0 Å². The van der Waals surface area contributed by atoms with Gasteiger partial charge < -0.3 is 10.0 Å². The molecule has 1 atom stereocenters. The van der Waals surface area contributed by atoms with Crippen LogP contribution in [-0.4, -0.2) is 45.5 Å². The molecular weight excluding hydrogens is 454 g/mol. The molecule has 4 rings (SSSR count). The molecule has 1 aromatic carbocycles. The highest BCUT2D eigenvalue weighted by Crippen LogP contribution is 2.37. The average Bonchev–Trinajstić information content (AvgIpc) is 2.69. The van der Waals surface area contributed by atoms with Crippen LogP contribution >= 0.6 is 11.6 Å². The lowest BCUT2D eigenvalue weighted by atomic mass is 9.75. The number of halogens is 5. The summed E-state index contributed by atoms with van der Waals surface area (Å²) in [6, 6.07) is 4.30. The van der Waals surface area contributed by atoms with Crippen molar-refractivity contribution < 1.29 is 32.3 Å². The molecule has 2 heterocycles. The van der Waals surface area contributed by atoms with Gasteiger partial charge in [-0.25, -0.2) is 9.37 Å². The van der Waals surface area contributed by atoms with Crippen LogP contribution < -0.4 is 4.90 Å². The van der Waals surface area contributed by atoms with Crippen LogP contribution in [-0.2, 0) is 22.3 Å². The number of amides is 2. The van der Waals surface area contributed by atoms with E-state index in [2.05, 4.69) is 4.98 Å². The van der Waals surface area contributed by atoms with Crippen molar-refractivity contribution in [2.75, 3.05) is 11.4 Å². The fourth-order valence-corrected chi connectivity index (χ4v) is 4.21. The Labute approximate surface area is 185 Å². The molecule has 1 aliphatic carbocycles. The van der Waals surface area contributed by atoms with Crippen LogP contribution in [0.5, 0.6) is 0 Å². The molecule has 1 aromatic heterocycles. The van der Waals surface area contributed by atoms with Gasteiger partial charge in [0.25, 0.3) is 5.91 Å². The molecule has 1 saturated heterocycles. The Hall–Kier alpha value is -2.72. The highest BCUT2D eigenvalue weighted by molar-refractivity contribution is 6.30. The molecule has 2 aromatic rings. The lowest BCUT2D eigenvalue weighted by Gasteiger charge is -2.47. The molecule has 1 saturated carbocycles. The summed E-state index contributed by atoms with van der Waals surface area (Å²) in [6.07, 6.45) is -3.39. The summed E-state index contributed by atoms with van der Waals surface area (Å²) in [5.74, 6) is -2.63. The zero-order valence-corrected chi connectivity index (χ0v) is 17.3. The van der Waals surface area contributed by atoms with E-state index in [9.17, 15) is 32.3 Å². The minimum absolute atomic E-state index is 0.0321. The van der Waals surface area contributed by atoms with Crippen LogP contribution in [0.1, 0.15) is 24.0 Å². The van der Waals surface area contributed by atoms with E-state index in [0.29, 0.717) is 5.56 Å². The number of piperazine rings is 1. The first-order valence-corrected chi connectivity index (χ1v) is 10.2. The second-order valence-corrected chi connectivity index (χ2v) is 8.37. The van der Waals surface area contributed by atoms with E-state index in [4.69, 9.17) is 11.6 Å². The number of hydrogen-bond donors (Lipinski definition) is 1. The maximum absolute atomic E-state index is 14.4. The third-order valence-corrected chi connectivity index (χ3v) is 5.95. The van der Waals surface area contributed by atoms with Crippen molar-refractivity contribution in [2.24, 2.45) is 5.92 Å². The molecule has 11 heteroatoms. The number of aliphatic hydroxyl groups excluding tert-OH is 1. The normalized spacial score (nSPS) is 24.0. The van der Waals surface area contributed by atoms with E-state index in [1.165, 1.54) is 17.0 Å². The van der Waals surface area contributed by atoms with Crippen molar-refractivity contribution in [2.45, 2.75) is 37.7 Å². The molecule has 1 N–H and O–H groups in total. The molecule has 0 radical (unpaired) electrons. The van der Waals surface area contributed by atoms with Crippen molar-refractivity contribution in [3.05, 3.63) is 58.5 Å². The molecular formula is C21H18ClF4N3O3. The number of anilines is 1. The molecule has 6 nitrogen and oxygen atoms in total. The summed E-state index contributed by atoms with van der Waals surface area (Å²) < 4.78 is 52.9. The number of nitrogens with zero attached hydrogens (tertiary/aromatic N) is 3. The standard InChI is InChI=1S/C21H18ClF4N3O3/c22-14-7-16(23)19(27-8-14)29-10-17(31)28(18(20(29)32)12-5-15(30)6-12)9-11-1-3-13(4-2-11)21(24,25)26/h1-4,7-8,12,15,18,30H,5-6,9-10H2/t12?,15?,18-/m1/s1. The zero-order valence-electron chi connectivity index (χ0n) is 16.5. The fourth-order valence-electron chi connectivity index (χ4n) is 4.06.